The first-order chi connectivity index (χ1) is 7.83. The molecule has 0 bridgehead atoms. The van der Waals surface area contributed by atoms with E-state index in [1.54, 1.807) is 20.0 Å². The number of aromatic nitrogens is 2. The summed E-state index contributed by atoms with van der Waals surface area (Å²) >= 11 is 0. The van der Waals surface area contributed by atoms with Crippen molar-refractivity contribution >= 4 is 11.9 Å². The lowest BCUT2D eigenvalue weighted by Crippen LogP contribution is -2.30. The number of aryl methyl sites for hydroxylation is 1. The minimum Gasteiger partial charge on any atom is -0.341 e. The molecule has 6 heteroatoms. The monoisotopic (exact) mass is 242 g/mol. The third kappa shape index (κ3) is 3.97. The topological polar surface area (TPSA) is 44.3 Å². The van der Waals surface area contributed by atoms with Gasteiger partial charge >= 0.3 is 0 Å². The van der Waals surface area contributed by atoms with Crippen LogP contribution in [0, 0.1) is 6.92 Å². The standard InChI is InChI=1S/C11H16F2N4/c1-5-15-17(7-11(4,12)13)8(2)10-6-14-9(3)16-10/h5-6H,2,7H2,1,3-4H3,(H,14,16)/b15-5-. The molecule has 1 rings (SSSR count). The molecule has 0 fully saturated rings. The van der Waals surface area contributed by atoms with Crippen LogP contribution in [0.3, 0.4) is 0 Å². The summed E-state index contributed by atoms with van der Waals surface area (Å²) in [4.78, 5) is 6.92. The Balaban J connectivity index is 2.88. The van der Waals surface area contributed by atoms with Crippen LogP contribution in [0.25, 0.3) is 5.70 Å². The molecule has 4 nitrogen and oxygen atoms in total. The number of aromatic amines is 1. The zero-order valence-electron chi connectivity index (χ0n) is 10.2. The first kappa shape index (κ1) is 13.3. The summed E-state index contributed by atoms with van der Waals surface area (Å²) in [7, 11) is 0. The van der Waals surface area contributed by atoms with Gasteiger partial charge in [-0.25, -0.2) is 13.8 Å². The summed E-state index contributed by atoms with van der Waals surface area (Å²) < 4.78 is 26.0. The second-order valence-electron chi connectivity index (χ2n) is 3.83. The Kier molecular flexibility index (Phi) is 3.98. The molecule has 1 aromatic heterocycles. The van der Waals surface area contributed by atoms with E-state index in [2.05, 4.69) is 21.6 Å². The summed E-state index contributed by atoms with van der Waals surface area (Å²) in [6.45, 7) is 7.51. The average Bonchev–Trinajstić information content (AvgIpc) is 2.61. The van der Waals surface area contributed by atoms with Crippen molar-refractivity contribution in [1.29, 1.82) is 0 Å². The summed E-state index contributed by atoms with van der Waals surface area (Å²) in [5, 5.41) is 5.04. The van der Waals surface area contributed by atoms with Gasteiger partial charge in [-0.1, -0.05) is 6.58 Å². The van der Waals surface area contributed by atoms with Gasteiger partial charge in [-0.3, -0.25) is 5.01 Å². The van der Waals surface area contributed by atoms with Crippen molar-refractivity contribution in [1.82, 2.24) is 15.0 Å². The van der Waals surface area contributed by atoms with Gasteiger partial charge in [0.2, 0.25) is 0 Å². The van der Waals surface area contributed by atoms with E-state index in [-0.39, 0.29) is 0 Å². The van der Waals surface area contributed by atoms with Crippen molar-refractivity contribution in [2.75, 3.05) is 6.54 Å². The molecule has 0 saturated heterocycles. The zero-order valence-corrected chi connectivity index (χ0v) is 10.2. The fourth-order valence-electron chi connectivity index (χ4n) is 1.31. The number of hydrazone groups is 1. The quantitative estimate of drug-likeness (QED) is 0.637. The van der Waals surface area contributed by atoms with E-state index in [4.69, 9.17) is 0 Å². The molecule has 0 aliphatic rings. The third-order valence-electron chi connectivity index (χ3n) is 2.01. The highest BCUT2D eigenvalue weighted by molar-refractivity contribution is 5.60. The maximum absolute atomic E-state index is 13.0. The van der Waals surface area contributed by atoms with E-state index in [0.29, 0.717) is 17.2 Å². The van der Waals surface area contributed by atoms with Gasteiger partial charge in [-0.15, -0.1) is 0 Å². The molecule has 94 valence electrons. The van der Waals surface area contributed by atoms with Crippen molar-refractivity contribution in [3.8, 4) is 0 Å². The Hall–Kier alpha value is -1.72. The summed E-state index contributed by atoms with van der Waals surface area (Å²) in [6.07, 6.45) is 2.99. The van der Waals surface area contributed by atoms with Gasteiger partial charge in [0.25, 0.3) is 5.92 Å². The minimum absolute atomic E-state index is 0.366. The van der Waals surface area contributed by atoms with E-state index in [9.17, 15) is 8.78 Å². The lowest BCUT2D eigenvalue weighted by atomic mass is 10.3. The highest BCUT2D eigenvalue weighted by Crippen LogP contribution is 2.21. The fourth-order valence-corrected chi connectivity index (χ4v) is 1.31. The highest BCUT2D eigenvalue weighted by atomic mass is 19.3. The van der Waals surface area contributed by atoms with Crippen molar-refractivity contribution < 1.29 is 8.78 Å². The molecule has 0 aliphatic carbocycles. The molecular formula is C11H16F2N4. The van der Waals surface area contributed by atoms with E-state index in [1.807, 2.05) is 0 Å². The Bertz CT molecular complexity index is 417. The minimum atomic E-state index is -2.84. The fraction of sp³-hybridized carbons (Fsp3) is 0.455. The number of halogens is 2. The van der Waals surface area contributed by atoms with Crippen molar-refractivity contribution in [2.24, 2.45) is 5.10 Å². The number of nitrogens with one attached hydrogen (secondary N) is 1. The van der Waals surface area contributed by atoms with Crippen LogP contribution >= 0.6 is 0 Å². The number of H-pyrrole nitrogens is 1. The molecule has 17 heavy (non-hydrogen) atoms. The van der Waals surface area contributed by atoms with Gasteiger partial charge in [0.05, 0.1) is 17.6 Å². The average molecular weight is 242 g/mol. The van der Waals surface area contributed by atoms with Crippen LogP contribution < -0.4 is 0 Å². The molecule has 0 aromatic carbocycles. The van der Waals surface area contributed by atoms with Crippen molar-refractivity contribution in [3.63, 3.8) is 0 Å². The first-order valence-corrected chi connectivity index (χ1v) is 5.18. The predicted octanol–water partition coefficient (Wildman–Crippen LogP) is 2.65. The predicted molar refractivity (Wildman–Crippen MR) is 63.9 cm³/mol. The van der Waals surface area contributed by atoms with Crippen LogP contribution in [-0.4, -0.2) is 33.7 Å². The largest absolute Gasteiger partial charge is 0.341 e. The van der Waals surface area contributed by atoms with E-state index < -0.39 is 12.5 Å². The lowest BCUT2D eigenvalue weighted by molar-refractivity contribution is 0.00000229. The molecule has 1 heterocycles. The van der Waals surface area contributed by atoms with Gasteiger partial charge in [0.1, 0.15) is 12.4 Å². The Morgan fingerprint density at radius 2 is 2.35 bits per heavy atom. The van der Waals surface area contributed by atoms with E-state index in [0.717, 1.165) is 11.9 Å². The van der Waals surface area contributed by atoms with Gasteiger partial charge < -0.3 is 4.98 Å². The molecular weight excluding hydrogens is 226 g/mol. The Morgan fingerprint density at radius 1 is 1.71 bits per heavy atom. The highest BCUT2D eigenvalue weighted by Gasteiger charge is 2.26. The third-order valence-corrected chi connectivity index (χ3v) is 2.01. The van der Waals surface area contributed by atoms with Crippen LogP contribution in [0.4, 0.5) is 8.78 Å². The Morgan fingerprint density at radius 3 is 2.76 bits per heavy atom. The van der Waals surface area contributed by atoms with Gasteiger partial charge in [0, 0.05) is 13.1 Å². The van der Waals surface area contributed by atoms with Crippen LogP contribution in [0.5, 0.6) is 0 Å². The lowest BCUT2D eigenvalue weighted by Gasteiger charge is -2.23. The van der Waals surface area contributed by atoms with Gasteiger partial charge in [0.15, 0.2) is 0 Å². The number of imidazole rings is 1. The molecule has 0 amide bonds. The normalized spacial score (nSPS) is 12.1. The van der Waals surface area contributed by atoms with Crippen molar-refractivity contribution in [3.05, 3.63) is 24.3 Å². The molecule has 0 aliphatic heterocycles. The van der Waals surface area contributed by atoms with Gasteiger partial charge in [-0.05, 0) is 13.8 Å². The summed E-state index contributed by atoms with van der Waals surface area (Å²) in [6, 6.07) is 0. The Labute approximate surface area is 99.0 Å². The first-order valence-electron chi connectivity index (χ1n) is 5.18. The number of rotatable bonds is 5. The second kappa shape index (κ2) is 5.07. The van der Waals surface area contributed by atoms with Crippen LogP contribution in [0.1, 0.15) is 25.4 Å². The molecule has 0 unspecified atom stereocenters. The van der Waals surface area contributed by atoms with E-state index in [1.165, 1.54) is 6.21 Å². The number of alkyl halides is 2. The molecule has 0 radical (unpaired) electrons. The second-order valence-corrected chi connectivity index (χ2v) is 3.83. The van der Waals surface area contributed by atoms with Crippen LogP contribution in [0.15, 0.2) is 17.9 Å². The summed E-state index contributed by atoms with van der Waals surface area (Å²) in [5.41, 5.74) is 0.947. The maximum Gasteiger partial charge on any atom is 0.264 e. The number of hydrogen-bond donors (Lipinski definition) is 1. The summed E-state index contributed by atoms with van der Waals surface area (Å²) in [5.74, 6) is -2.14. The smallest absolute Gasteiger partial charge is 0.264 e. The SMILES string of the molecule is C=C(c1cnc(C)[nH]1)N(CC(C)(F)F)/N=C\C. The molecule has 1 aromatic rings. The van der Waals surface area contributed by atoms with Crippen LogP contribution in [-0.2, 0) is 0 Å². The number of hydrogen-bond acceptors (Lipinski definition) is 3. The molecule has 0 atom stereocenters. The zero-order chi connectivity index (χ0) is 13.1. The van der Waals surface area contributed by atoms with E-state index >= 15 is 0 Å². The van der Waals surface area contributed by atoms with Gasteiger partial charge in [-0.2, -0.15) is 5.10 Å². The number of nitrogens with zero attached hydrogens (tertiary/aromatic N) is 3. The molecule has 0 spiro atoms. The maximum atomic E-state index is 13.0. The van der Waals surface area contributed by atoms with Crippen LogP contribution in [0.2, 0.25) is 0 Å². The van der Waals surface area contributed by atoms with Crippen molar-refractivity contribution in [2.45, 2.75) is 26.7 Å². The molecule has 0 saturated carbocycles. The molecule has 1 N–H and O–H groups in total.